The van der Waals surface area contributed by atoms with E-state index in [2.05, 4.69) is 0 Å². The zero-order valence-electron chi connectivity index (χ0n) is 5.38. The summed E-state index contributed by atoms with van der Waals surface area (Å²) in [4.78, 5) is 0. The summed E-state index contributed by atoms with van der Waals surface area (Å²) in [6.07, 6.45) is 0. The van der Waals surface area contributed by atoms with Crippen molar-refractivity contribution in [3.05, 3.63) is 0 Å². The second kappa shape index (κ2) is 46.7. The van der Waals surface area contributed by atoms with Crippen LogP contribution in [0.3, 0.4) is 0 Å². The SMILES string of the molecule is [F-].[Li+].[Li+].[Li+].[Li+].[PH4+]. The summed E-state index contributed by atoms with van der Waals surface area (Å²) < 4.78 is 0. The fourth-order valence-corrected chi connectivity index (χ4v) is 0. The second-order valence-corrected chi connectivity index (χ2v) is 0. The second-order valence-electron chi connectivity index (χ2n) is 0. The Labute approximate surface area is 89.0 Å². The van der Waals surface area contributed by atoms with Crippen LogP contribution in [0.15, 0.2) is 0 Å². The van der Waals surface area contributed by atoms with Gasteiger partial charge in [-0.3, -0.25) is 0 Å². The van der Waals surface area contributed by atoms with Crippen LogP contribution in [0.2, 0.25) is 0 Å². The molecule has 0 saturated heterocycles. The van der Waals surface area contributed by atoms with Crippen LogP contribution in [0.1, 0.15) is 0 Å². The first-order chi connectivity index (χ1) is 0. The first-order valence-electron chi connectivity index (χ1n) is 0. The molecule has 0 aromatic carbocycles. The van der Waals surface area contributed by atoms with Crippen molar-refractivity contribution in [1.82, 2.24) is 0 Å². The minimum absolute atomic E-state index is 0. The summed E-state index contributed by atoms with van der Waals surface area (Å²) in [5, 5.41) is 0. The van der Waals surface area contributed by atoms with Crippen molar-refractivity contribution in [2.24, 2.45) is 0 Å². The van der Waals surface area contributed by atoms with Gasteiger partial charge < -0.3 is 4.70 Å². The van der Waals surface area contributed by atoms with Crippen LogP contribution in [-0.2, 0) is 0 Å². The van der Waals surface area contributed by atoms with Crippen LogP contribution in [-0.4, -0.2) is 0 Å². The average Bonchev–Trinajstić information content (AvgIpc) is 0. The molecule has 0 aliphatic rings. The molecule has 0 amide bonds. The third-order valence-corrected chi connectivity index (χ3v) is 0. The van der Waals surface area contributed by atoms with E-state index >= 15 is 0 Å². The van der Waals surface area contributed by atoms with Gasteiger partial charge in [0.05, 0.1) is 0 Å². The van der Waals surface area contributed by atoms with Gasteiger partial charge in [-0.25, -0.2) is 0 Å². The van der Waals surface area contributed by atoms with Crippen molar-refractivity contribution >= 4 is 9.90 Å². The van der Waals surface area contributed by atoms with E-state index in [1.807, 2.05) is 0 Å². The molecule has 6 heteroatoms. The van der Waals surface area contributed by atoms with Crippen LogP contribution in [0.5, 0.6) is 0 Å². The van der Waals surface area contributed by atoms with Gasteiger partial charge in [0.2, 0.25) is 0 Å². The Bertz CT molecular complexity index is 7.51. The van der Waals surface area contributed by atoms with Crippen LogP contribution in [0, 0.1) is 0 Å². The van der Waals surface area contributed by atoms with E-state index in [-0.39, 0.29) is 90.0 Å². The normalized spacial score (nSPS) is 0. The minimum atomic E-state index is 0. The van der Waals surface area contributed by atoms with E-state index in [0.29, 0.717) is 0 Å². The molecular formula is H4FLi4P+4. The first-order valence-corrected chi connectivity index (χ1v) is 0. The monoisotopic (exact) mass is 82.1 g/mol. The van der Waals surface area contributed by atoms with Gasteiger partial charge in [-0.05, 0) is 9.90 Å². The van der Waals surface area contributed by atoms with Crippen molar-refractivity contribution in [3.63, 3.8) is 0 Å². The molecule has 0 aliphatic heterocycles. The molecule has 1 atom stereocenters. The summed E-state index contributed by atoms with van der Waals surface area (Å²) >= 11 is 0. The van der Waals surface area contributed by atoms with E-state index in [1.165, 1.54) is 0 Å². The van der Waals surface area contributed by atoms with Gasteiger partial charge in [-0.15, -0.1) is 0 Å². The molecule has 0 aromatic heterocycles. The van der Waals surface area contributed by atoms with Gasteiger partial charge in [-0.2, -0.15) is 0 Å². The van der Waals surface area contributed by atoms with Crippen molar-refractivity contribution in [1.29, 1.82) is 0 Å². The number of halogens is 1. The van der Waals surface area contributed by atoms with Gasteiger partial charge in [0.15, 0.2) is 0 Å². The summed E-state index contributed by atoms with van der Waals surface area (Å²) in [6.45, 7) is 0. The molecule has 0 bridgehead atoms. The number of rotatable bonds is 0. The smallest absolute Gasteiger partial charge is 1.00 e. The average molecular weight is 81.8 g/mol. The number of hydrogen-bond acceptors (Lipinski definition) is 0. The Balaban J connectivity index is 0. The van der Waals surface area contributed by atoms with Gasteiger partial charge in [0, 0.05) is 0 Å². The van der Waals surface area contributed by atoms with Crippen molar-refractivity contribution in [3.8, 4) is 0 Å². The zero-order valence-corrected chi connectivity index (χ0v) is 7.38. The molecule has 0 aliphatic carbocycles. The Morgan fingerprint density at radius 2 is 0.500 bits per heavy atom. The third-order valence-electron chi connectivity index (χ3n) is 0. The molecule has 0 rings (SSSR count). The van der Waals surface area contributed by atoms with Gasteiger partial charge >= 0.3 is 75.4 Å². The standard InChI is InChI=1S/FH.4Li.H3P/h1H;;;;;1H3/q;4*+1;. The van der Waals surface area contributed by atoms with Crippen molar-refractivity contribution < 1.29 is 80.1 Å². The van der Waals surface area contributed by atoms with E-state index in [4.69, 9.17) is 0 Å². The predicted molar refractivity (Wildman–Crippen MR) is 12.5 cm³/mol. The predicted octanol–water partition coefficient (Wildman–Crippen LogP) is -15.2. The zero-order chi connectivity index (χ0) is 0. The fourth-order valence-electron chi connectivity index (χ4n) is 0. The molecule has 0 heterocycles. The fraction of sp³-hybridized carbons (Fsp3) is 0. The quantitative estimate of drug-likeness (QED) is 0.201. The molecule has 0 nitrogen and oxygen atoms in total. The van der Waals surface area contributed by atoms with E-state index in [9.17, 15) is 0 Å². The van der Waals surface area contributed by atoms with Crippen molar-refractivity contribution in [2.75, 3.05) is 0 Å². The molecule has 0 spiro atoms. The Kier molecular flexibility index (Phi) is 541. The molecule has 6 heavy (non-hydrogen) atoms. The van der Waals surface area contributed by atoms with Crippen LogP contribution in [0.4, 0.5) is 0 Å². The van der Waals surface area contributed by atoms with Crippen LogP contribution >= 0.6 is 9.90 Å². The van der Waals surface area contributed by atoms with Crippen LogP contribution in [0.25, 0.3) is 0 Å². The summed E-state index contributed by atoms with van der Waals surface area (Å²) in [5.41, 5.74) is 0. The van der Waals surface area contributed by atoms with E-state index in [0.717, 1.165) is 0 Å². The maximum atomic E-state index is 0. The molecule has 0 radical (unpaired) electrons. The largest absolute Gasteiger partial charge is 1.00 e. The maximum Gasteiger partial charge on any atom is 1.00 e. The Morgan fingerprint density at radius 1 is 0.500 bits per heavy atom. The number of hydrogen-bond donors (Lipinski definition) is 0. The van der Waals surface area contributed by atoms with Gasteiger partial charge in [0.1, 0.15) is 0 Å². The summed E-state index contributed by atoms with van der Waals surface area (Å²) in [7, 11) is 0. The molecule has 0 N–H and O–H groups in total. The van der Waals surface area contributed by atoms with Gasteiger partial charge in [0.25, 0.3) is 0 Å². The Hall–Kier alpha value is 2.75. The van der Waals surface area contributed by atoms with Gasteiger partial charge in [-0.1, -0.05) is 0 Å². The third kappa shape index (κ3) is 29.5. The van der Waals surface area contributed by atoms with Crippen LogP contribution < -0.4 is 80.1 Å². The molecule has 16 valence electrons. The molecule has 1 unspecified atom stereocenters. The topological polar surface area (TPSA) is 0 Å². The molecule has 0 aromatic rings. The van der Waals surface area contributed by atoms with E-state index < -0.39 is 0 Å². The summed E-state index contributed by atoms with van der Waals surface area (Å²) in [6, 6.07) is 0. The maximum absolute atomic E-state index is 0. The first kappa shape index (κ1) is 69.5. The van der Waals surface area contributed by atoms with Crippen molar-refractivity contribution in [2.45, 2.75) is 0 Å². The molecular weight excluding hydrogens is 77.7 g/mol. The van der Waals surface area contributed by atoms with E-state index in [1.54, 1.807) is 0 Å². The molecule has 0 saturated carbocycles. The Morgan fingerprint density at radius 3 is 0.500 bits per heavy atom. The molecule has 0 fully saturated rings. The minimum Gasteiger partial charge on any atom is -1.00 e. The summed E-state index contributed by atoms with van der Waals surface area (Å²) in [5.74, 6) is 0.